The molecule has 3 aromatic carbocycles. The van der Waals surface area contributed by atoms with Gasteiger partial charge in [0, 0.05) is 6.42 Å². The van der Waals surface area contributed by atoms with E-state index in [0.717, 1.165) is 42.7 Å². The van der Waals surface area contributed by atoms with Gasteiger partial charge < -0.3 is 14.6 Å². The fourth-order valence-electron chi connectivity index (χ4n) is 5.05. The van der Waals surface area contributed by atoms with Gasteiger partial charge in [-0.05, 0) is 90.5 Å². The number of benzene rings is 3. The Kier molecular flexibility index (Phi) is 10.9. The Balaban J connectivity index is 1.60. The van der Waals surface area contributed by atoms with Crippen molar-refractivity contribution in [3.63, 3.8) is 0 Å². The van der Waals surface area contributed by atoms with E-state index >= 15 is 0 Å². The topological polar surface area (TPSA) is 55.8 Å². The summed E-state index contributed by atoms with van der Waals surface area (Å²) in [7, 11) is 3.42. The molecule has 0 bridgehead atoms. The number of unbranched alkanes of at least 4 members (excludes halogenated alkanes) is 2. The smallest absolute Gasteiger partial charge is 0.303 e. The molecule has 0 aliphatic heterocycles. The average Bonchev–Trinajstić information content (AvgIpc) is 2.92. The van der Waals surface area contributed by atoms with E-state index in [1.54, 1.807) is 14.2 Å². The number of aliphatic carboxylic acids is 1. The standard InChI is InChI=1S/C32H40O4/c1-4-30(26-15-19-28(35-2)20-16-26)31(27-17-21-29(36-3)22-18-27)9-7-5-6-8-24-10-12-25(13-11-24)14-23-32(33)34/h10-13,15-22,30-31H,4-9,14,23H2,1-3H3,(H,33,34). The van der Waals surface area contributed by atoms with Gasteiger partial charge >= 0.3 is 5.97 Å². The first-order valence-corrected chi connectivity index (χ1v) is 13.1. The molecule has 0 spiro atoms. The van der Waals surface area contributed by atoms with Crippen LogP contribution >= 0.6 is 0 Å². The van der Waals surface area contributed by atoms with Crippen molar-refractivity contribution in [2.24, 2.45) is 0 Å². The highest BCUT2D eigenvalue weighted by molar-refractivity contribution is 5.67. The lowest BCUT2D eigenvalue weighted by atomic mass is 9.77. The van der Waals surface area contributed by atoms with Gasteiger partial charge in [0.15, 0.2) is 0 Å². The molecule has 0 amide bonds. The maximum atomic E-state index is 10.8. The minimum Gasteiger partial charge on any atom is -0.497 e. The van der Waals surface area contributed by atoms with Gasteiger partial charge in [0.1, 0.15) is 11.5 Å². The summed E-state index contributed by atoms with van der Waals surface area (Å²) in [6, 6.07) is 25.6. The number of carboxylic acids is 1. The summed E-state index contributed by atoms with van der Waals surface area (Å²) < 4.78 is 10.8. The van der Waals surface area contributed by atoms with Gasteiger partial charge in [-0.1, -0.05) is 68.3 Å². The third-order valence-corrected chi connectivity index (χ3v) is 7.14. The molecule has 3 rings (SSSR count). The van der Waals surface area contributed by atoms with Crippen LogP contribution in [0.1, 0.15) is 79.5 Å². The lowest BCUT2D eigenvalue weighted by molar-refractivity contribution is -0.136. The number of ether oxygens (including phenoxy) is 2. The summed E-state index contributed by atoms with van der Waals surface area (Å²) in [6.07, 6.45) is 7.58. The van der Waals surface area contributed by atoms with Crippen LogP contribution in [-0.2, 0) is 17.6 Å². The maximum Gasteiger partial charge on any atom is 0.303 e. The molecule has 0 heterocycles. The maximum absolute atomic E-state index is 10.8. The number of aryl methyl sites for hydroxylation is 2. The summed E-state index contributed by atoms with van der Waals surface area (Å²) in [4.78, 5) is 10.8. The van der Waals surface area contributed by atoms with Crippen LogP contribution in [0, 0.1) is 0 Å². The molecule has 2 unspecified atom stereocenters. The molecule has 1 N–H and O–H groups in total. The van der Waals surface area contributed by atoms with Crippen LogP contribution < -0.4 is 9.47 Å². The molecule has 0 radical (unpaired) electrons. The van der Waals surface area contributed by atoms with Crippen molar-refractivity contribution in [3.05, 3.63) is 95.1 Å². The van der Waals surface area contributed by atoms with Crippen LogP contribution in [0.5, 0.6) is 11.5 Å². The van der Waals surface area contributed by atoms with Crippen molar-refractivity contribution >= 4 is 5.97 Å². The van der Waals surface area contributed by atoms with Gasteiger partial charge in [-0.15, -0.1) is 0 Å². The first kappa shape index (κ1) is 27.3. The highest BCUT2D eigenvalue weighted by Gasteiger charge is 2.23. The highest BCUT2D eigenvalue weighted by Crippen LogP contribution is 2.40. The summed E-state index contributed by atoms with van der Waals surface area (Å²) in [5, 5.41) is 8.86. The van der Waals surface area contributed by atoms with E-state index in [2.05, 4.69) is 79.7 Å². The minimum atomic E-state index is -0.746. The molecule has 3 aromatic rings. The zero-order valence-electron chi connectivity index (χ0n) is 21.9. The quantitative estimate of drug-likeness (QED) is 0.222. The Morgan fingerprint density at radius 2 is 1.19 bits per heavy atom. The molecular formula is C32H40O4. The van der Waals surface area contributed by atoms with Crippen molar-refractivity contribution in [3.8, 4) is 11.5 Å². The third kappa shape index (κ3) is 8.15. The molecule has 0 fully saturated rings. The molecule has 0 aromatic heterocycles. The van der Waals surface area contributed by atoms with Gasteiger partial charge in [-0.25, -0.2) is 0 Å². The first-order chi connectivity index (χ1) is 17.5. The van der Waals surface area contributed by atoms with E-state index in [4.69, 9.17) is 14.6 Å². The summed E-state index contributed by atoms with van der Waals surface area (Å²) in [5.41, 5.74) is 5.15. The second-order valence-electron chi connectivity index (χ2n) is 9.48. The zero-order chi connectivity index (χ0) is 25.8. The van der Waals surface area contributed by atoms with Gasteiger partial charge in [-0.3, -0.25) is 4.79 Å². The lowest BCUT2D eigenvalue weighted by Crippen LogP contribution is -2.11. The fraction of sp³-hybridized carbons (Fsp3) is 0.406. The summed E-state index contributed by atoms with van der Waals surface area (Å²) >= 11 is 0. The fourth-order valence-corrected chi connectivity index (χ4v) is 5.05. The summed E-state index contributed by atoms with van der Waals surface area (Å²) in [6.45, 7) is 2.28. The van der Waals surface area contributed by atoms with Crippen molar-refractivity contribution in [2.75, 3.05) is 14.2 Å². The Hall–Kier alpha value is -3.27. The van der Waals surface area contributed by atoms with E-state index in [1.165, 1.54) is 29.5 Å². The van der Waals surface area contributed by atoms with Crippen LogP contribution in [0.25, 0.3) is 0 Å². The number of hydrogen-bond donors (Lipinski definition) is 1. The van der Waals surface area contributed by atoms with Gasteiger partial charge in [-0.2, -0.15) is 0 Å². The predicted octanol–water partition coefficient (Wildman–Crippen LogP) is 7.80. The molecule has 192 valence electrons. The Morgan fingerprint density at radius 3 is 1.67 bits per heavy atom. The highest BCUT2D eigenvalue weighted by atomic mass is 16.5. The van der Waals surface area contributed by atoms with Gasteiger partial charge in [0.25, 0.3) is 0 Å². The van der Waals surface area contributed by atoms with Crippen molar-refractivity contribution in [1.82, 2.24) is 0 Å². The normalized spacial score (nSPS) is 12.6. The van der Waals surface area contributed by atoms with Crippen molar-refractivity contribution in [1.29, 1.82) is 0 Å². The molecule has 36 heavy (non-hydrogen) atoms. The number of carbonyl (C=O) groups is 1. The Bertz CT molecular complexity index is 1040. The van der Waals surface area contributed by atoms with E-state index in [-0.39, 0.29) is 6.42 Å². The predicted molar refractivity (Wildman–Crippen MR) is 146 cm³/mol. The largest absolute Gasteiger partial charge is 0.497 e. The Morgan fingerprint density at radius 1 is 0.694 bits per heavy atom. The third-order valence-electron chi connectivity index (χ3n) is 7.14. The van der Waals surface area contributed by atoms with Gasteiger partial charge in [0.2, 0.25) is 0 Å². The monoisotopic (exact) mass is 488 g/mol. The van der Waals surface area contributed by atoms with Crippen LogP contribution in [0.4, 0.5) is 0 Å². The lowest BCUT2D eigenvalue weighted by Gasteiger charge is -2.28. The minimum absolute atomic E-state index is 0.185. The zero-order valence-corrected chi connectivity index (χ0v) is 21.9. The molecule has 0 saturated heterocycles. The van der Waals surface area contributed by atoms with Gasteiger partial charge in [0.05, 0.1) is 14.2 Å². The van der Waals surface area contributed by atoms with Crippen LogP contribution in [0.3, 0.4) is 0 Å². The van der Waals surface area contributed by atoms with E-state index in [1.807, 2.05) is 0 Å². The second-order valence-corrected chi connectivity index (χ2v) is 9.48. The Labute approximate surface area is 216 Å². The van der Waals surface area contributed by atoms with E-state index in [0.29, 0.717) is 18.3 Å². The number of methoxy groups -OCH3 is 2. The summed E-state index contributed by atoms with van der Waals surface area (Å²) in [5.74, 6) is 1.93. The van der Waals surface area contributed by atoms with Crippen molar-refractivity contribution < 1.29 is 19.4 Å². The van der Waals surface area contributed by atoms with Crippen LogP contribution in [-0.4, -0.2) is 25.3 Å². The molecule has 0 aliphatic rings. The number of rotatable bonds is 15. The van der Waals surface area contributed by atoms with E-state index < -0.39 is 5.97 Å². The van der Waals surface area contributed by atoms with Crippen LogP contribution in [0.15, 0.2) is 72.8 Å². The second kappa shape index (κ2) is 14.3. The molecule has 0 aliphatic carbocycles. The average molecular weight is 489 g/mol. The van der Waals surface area contributed by atoms with Crippen LogP contribution in [0.2, 0.25) is 0 Å². The molecule has 0 saturated carbocycles. The SMILES string of the molecule is CCC(c1ccc(OC)cc1)C(CCCCCc1ccc(CCC(=O)O)cc1)c1ccc(OC)cc1. The number of carboxylic acid groups (broad SMARTS) is 1. The van der Waals surface area contributed by atoms with E-state index in [9.17, 15) is 4.79 Å². The number of hydrogen-bond acceptors (Lipinski definition) is 3. The van der Waals surface area contributed by atoms with Crippen molar-refractivity contribution in [2.45, 2.75) is 70.1 Å². The molecule has 4 heteroatoms. The molecular weight excluding hydrogens is 448 g/mol. The first-order valence-electron chi connectivity index (χ1n) is 13.1. The molecule has 2 atom stereocenters. The molecule has 4 nitrogen and oxygen atoms in total.